The van der Waals surface area contributed by atoms with E-state index in [9.17, 15) is 13.6 Å². The second kappa shape index (κ2) is 8.88. The smallest absolute Gasteiger partial charge is 0.412 e. The van der Waals surface area contributed by atoms with E-state index in [4.69, 9.17) is 9.47 Å². The molecule has 0 aromatic heterocycles. The molecule has 0 saturated carbocycles. The summed E-state index contributed by atoms with van der Waals surface area (Å²) in [5.41, 5.74) is 1.45. The normalized spacial score (nSPS) is 14.6. The fourth-order valence-corrected chi connectivity index (χ4v) is 3.19. The van der Waals surface area contributed by atoms with Gasteiger partial charge in [0.2, 0.25) is 0 Å². The van der Waals surface area contributed by atoms with Crippen molar-refractivity contribution >= 4 is 11.8 Å². The third kappa shape index (κ3) is 4.69. The predicted octanol–water partition coefficient (Wildman–Crippen LogP) is 3.01. The Hall–Kier alpha value is -2.87. The van der Waals surface area contributed by atoms with Crippen molar-refractivity contribution in [3.63, 3.8) is 0 Å². The standard InChI is InChI=1S/C20H23F2N3O3/c1-23-20(26)28-18-6-3-14(11-19(18)27-2)13-24-7-9-25(10-8-24)17-5-4-15(21)12-16(17)22/h3-6,11-12H,7-10,13H2,1-2H3,(H,23,26). The van der Waals surface area contributed by atoms with Crippen LogP contribution in [0.5, 0.6) is 11.5 Å². The van der Waals surface area contributed by atoms with Crippen LogP contribution in [0.1, 0.15) is 5.56 Å². The Labute approximate surface area is 162 Å². The highest BCUT2D eigenvalue weighted by molar-refractivity contribution is 5.71. The molecule has 6 nitrogen and oxygen atoms in total. The number of carbonyl (C=O) groups is 1. The van der Waals surface area contributed by atoms with Crippen molar-refractivity contribution in [3.05, 3.63) is 53.6 Å². The molecular formula is C20H23F2N3O3. The summed E-state index contributed by atoms with van der Waals surface area (Å²) in [6.45, 7) is 3.48. The molecule has 3 rings (SSSR count). The first-order valence-corrected chi connectivity index (χ1v) is 8.99. The summed E-state index contributed by atoms with van der Waals surface area (Å²) >= 11 is 0. The molecule has 1 aliphatic rings. The summed E-state index contributed by atoms with van der Waals surface area (Å²) in [6.07, 6.45) is -0.560. The minimum absolute atomic E-state index is 0.349. The van der Waals surface area contributed by atoms with Crippen LogP contribution in [-0.2, 0) is 6.54 Å². The molecule has 150 valence electrons. The maximum absolute atomic E-state index is 14.0. The lowest BCUT2D eigenvalue weighted by Gasteiger charge is -2.36. The Bertz CT molecular complexity index is 839. The number of benzene rings is 2. The van der Waals surface area contributed by atoms with E-state index in [1.54, 1.807) is 6.07 Å². The number of hydrogen-bond donors (Lipinski definition) is 1. The monoisotopic (exact) mass is 391 g/mol. The first kappa shape index (κ1) is 19.9. The third-order valence-corrected chi connectivity index (χ3v) is 4.66. The Morgan fingerprint density at radius 1 is 1.07 bits per heavy atom. The van der Waals surface area contributed by atoms with Crippen molar-refractivity contribution in [1.29, 1.82) is 0 Å². The van der Waals surface area contributed by atoms with Crippen molar-refractivity contribution in [2.45, 2.75) is 6.54 Å². The summed E-state index contributed by atoms with van der Waals surface area (Å²) < 4.78 is 37.5. The van der Waals surface area contributed by atoms with Crippen molar-refractivity contribution in [3.8, 4) is 11.5 Å². The zero-order valence-corrected chi connectivity index (χ0v) is 15.9. The lowest BCUT2D eigenvalue weighted by Crippen LogP contribution is -2.46. The maximum Gasteiger partial charge on any atom is 0.412 e. The highest BCUT2D eigenvalue weighted by Crippen LogP contribution is 2.29. The Kier molecular flexibility index (Phi) is 6.30. The third-order valence-electron chi connectivity index (χ3n) is 4.66. The van der Waals surface area contributed by atoms with Gasteiger partial charge in [-0.25, -0.2) is 13.6 Å². The van der Waals surface area contributed by atoms with Gasteiger partial charge in [-0.15, -0.1) is 0 Å². The summed E-state index contributed by atoms with van der Waals surface area (Å²) in [4.78, 5) is 15.6. The number of methoxy groups -OCH3 is 1. The zero-order chi connectivity index (χ0) is 20.1. The number of carbonyl (C=O) groups excluding carboxylic acids is 1. The average molecular weight is 391 g/mol. The number of anilines is 1. The molecule has 0 atom stereocenters. The number of piperazine rings is 1. The molecule has 0 radical (unpaired) electrons. The molecule has 0 aliphatic carbocycles. The van der Waals surface area contributed by atoms with Gasteiger partial charge in [0.05, 0.1) is 12.8 Å². The summed E-state index contributed by atoms with van der Waals surface area (Å²) in [6, 6.07) is 9.09. The number of rotatable bonds is 5. The summed E-state index contributed by atoms with van der Waals surface area (Å²) in [7, 11) is 3.01. The number of hydrogen-bond acceptors (Lipinski definition) is 5. The predicted molar refractivity (Wildman–Crippen MR) is 102 cm³/mol. The lowest BCUT2D eigenvalue weighted by molar-refractivity contribution is 0.200. The molecule has 2 aromatic rings. The number of nitrogens with zero attached hydrogens (tertiary/aromatic N) is 2. The molecule has 1 saturated heterocycles. The molecule has 8 heteroatoms. The van der Waals surface area contributed by atoms with E-state index < -0.39 is 17.7 Å². The van der Waals surface area contributed by atoms with Gasteiger partial charge in [-0.2, -0.15) is 0 Å². The molecule has 0 bridgehead atoms. The van der Waals surface area contributed by atoms with Crippen LogP contribution in [0.2, 0.25) is 0 Å². The van der Waals surface area contributed by atoms with E-state index in [0.29, 0.717) is 36.8 Å². The summed E-state index contributed by atoms with van der Waals surface area (Å²) in [5.74, 6) is -0.280. The largest absolute Gasteiger partial charge is 0.493 e. The van der Waals surface area contributed by atoms with E-state index in [0.717, 1.165) is 24.7 Å². The van der Waals surface area contributed by atoms with Crippen LogP contribution in [0.3, 0.4) is 0 Å². The summed E-state index contributed by atoms with van der Waals surface area (Å²) in [5, 5.41) is 2.39. The number of amides is 1. The van der Waals surface area contributed by atoms with Crippen LogP contribution in [0, 0.1) is 11.6 Å². The topological polar surface area (TPSA) is 54.0 Å². The van der Waals surface area contributed by atoms with Gasteiger partial charge >= 0.3 is 6.09 Å². The minimum atomic E-state index is -0.572. The van der Waals surface area contributed by atoms with Crippen LogP contribution >= 0.6 is 0 Å². The van der Waals surface area contributed by atoms with Gasteiger partial charge in [0.1, 0.15) is 11.6 Å². The van der Waals surface area contributed by atoms with Gasteiger partial charge in [-0.05, 0) is 29.8 Å². The van der Waals surface area contributed by atoms with Gasteiger partial charge in [0.25, 0.3) is 0 Å². The van der Waals surface area contributed by atoms with Crippen molar-refractivity contribution in [2.24, 2.45) is 0 Å². The first-order chi connectivity index (χ1) is 13.5. The van der Waals surface area contributed by atoms with Crippen molar-refractivity contribution < 1.29 is 23.0 Å². The van der Waals surface area contributed by atoms with E-state index in [1.807, 2.05) is 17.0 Å². The first-order valence-electron chi connectivity index (χ1n) is 8.99. The Morgan fingerprint density at radius 2 is 1.82 bits per heavy atom. The molecule has 1 aliphatic heterocycles. The van der Waals surface area contributed by atoms with Crippen molar-refractivity contribution in [1.82, 2.24) is 10.2 Å². The molecule has 2 aromatic carbocycles. The van der Waals surface area contributed by atoms with Gasteiger partial charge in [0.15, 0.2) is 11.5 Å². The second-order valence-electron chi connectivity index (χ2n) is 6.48. The molecule has 1 heterocycles. The molecule has 0 spiro atoms. The average Bonchev–Trinajstić information content (AvgIpc) is 2.70. The SMILES string of the molecule is CNC(=O)Oc1ccc(CN2CCN(c3ccc(F)cc3F)CC2)cc1OC. The number of nitrogens with one attached hydrogen (secondary N) is 1. The number of ether oxygens (including phenoxy) is 2. The molecule has 1 fully saturated rings. The van der Waals surface area contributed by atoms with Crippen LogP contribution in [0.15, 0.2) is 36.4 Å². The number of halogens is 2. The van der Waals surface area contributed by atoms with Gasteiger partial charge in [-0.3, -0.25) is 4.90 Å². The van der Waals surface area contributed by atoms with Gasteiger partial charge in [0, 0.05) is 45.8 Å². The minimum Gasteiger partial charge on any atom is -0.493 e. The fraction of sp³-hybridized carbons (Fsp3) is 0.350. The molecule has 1 N–H and O–H groups in total. The lowest BCUT2D eigenvalue weighted by atomic mass is 10.1. The Morgan fingerprint density at radius 3 is 2.46 bits per heavy atom. The van der Waals surface area contributed by atoms with E-state index in [-0.39, 0.29) is 0 Å². The quantitative estimate of drug-likeness (QED) is 0.849. The highest BCUT2D eigenvalue weighted by Gasteiger charge is 2.20. The van der Waals surface area contributed by atoms with Crippen LogP contribution < -0.4 is 19.7 Å². The van der Waals surface area contributed by atoms with Crippen LogP contribution in [0.25, 0.3) is 0 Å². The van der Waals surface area contributed by atoms with Crippen LogP contribution in [0.4, 0.5) is 19.3 Å². The van der Waals surface area contributed by atoms with Crippen molar-refractivity contribution in [2.75, 3.05) is 45.2 Å². The zero-order valence-electron chi connectivity index (χ0n) is 15.9. The van der Waals surface area contributed by atoms with Gasteiger partial charge < -0.3 is 19.7 Å². The van der Waals surface area contributed by atoms with E-state index in [1.165, 1.54) is 26.3 Å². The molecule has 28 heavy (non-hydrogen) atoms. The van der Waals surface area contributed by atoms with Crippen LogP contribution in [-0.4, -0.2) is 51.3 Å². The molecule has 0 unspecified atom stereocenters. The van der Waals surface area contributed by atoms with E-state index >= 15 is 0 Å². The van der Waals surface area contributed by atoms with Gasteiger partial charge in [-0.1, -0.05) is 6.07 Å². The Balaban J connectivity index is 1.60. The maximum atomic E-state index is 14.0. The second-order valence-corrected chi connectivity index (χ2v) is 6.48. The fourth-order valence-electron chi connectivity index (χ4n) is 3.19. The molecular weight excluding hydrogens is 368 g/mol. The van der Waals surface area contributed by atoms with E-state index in [2.05, 4.69) is 10.2 Å². The molecule has 1 amide bonds. The highest BCUT2D eigenvalue weighted by atomic mass is 19.1.